The molecule has 0 atom stereocenters. The van der Waals surface area contributed by atoms with Gasteiger partial charge in [0.25, 0.3) is 0 Å². The van der Waals surface area contributed by atoms with Crippen LogP contribution in [0.3, 0.4) is 0 Å². The Morgan fingerprint density at radius 3 is 2.68 bits per heavy atom. The largest absolute Gasteiger partial charge is 0.416 e. The van der Waals surface area contributed by atoms with E-state index in [1.165, 1.54) is 6.07 Å². The summed E-state index contributed by atoms with van der Waals surface area (Å²) in [5.74, 6) is 0. The molecule has 1 N–H and O–H groups in total. The van der Waals surface area contributed by atoms with Crippen molar-refractivity contribution < 1.29 is 13.2 Å². The first-order valence-corrected chi connectivity index (χ1v) is 5.76. The van der Waals surface area contributed by atoms with Gasteiger partial charge in [0.15, 0.2) is 0 Å². The van der Waals surface area contributed by atoms with Gasteiger partial charge in [-0.2, -0.15) is 18.3 Å². The first kappa shape index (κ1) is 13.6. The second-order valence-electron chi connectivity index (χ2n) is 4.29. The van der Waals surface area contributed by atoms with Gasteiger partial charge in [0.2, 0.25) is 0 Å². The number of nitrogens with zero attached hydrogens (tertiary/aromatic N) is 2. The van der Waals surface area contributed by atoms with E-state index >= 15 is 0 Å². The number of hydrogen-bond acceptors (Lipinski definition) is 2. The van der Waals surface area contributed by atoms with Gasteiger partial charge in [0.05, 0.1) is 11.3 Å². The molecule has 0 unspecified atom stereocenters. The average molecular weight is 269 g/mol. The van der Waals surface area contributed by atoms with E-state index in [-0.39, 0.29) is 0 Å². The Kier molecular flexibility index (Phi) is 3.61. The molecule has 6 heteroatoms. The minimum Gasteiger partial charge on any atom is -0.316 e. The molecule has 1 aromatic carbocycles. The monoisotopic (exact) mass is 269 g/mol. The predicted molar refractivity (Wildman–Crippen MR) is 66.4 cm³/mol. The van der Waals surface area contributed by atoms with Gasteiger partial charge in [-0.25, -0.2) is 0 Å². The van der Waals surface area contributed by atoms with Gasteiger partial charge in [-0.05, 0) is 19.2 Å². The zero-order valence-corrected chi connectivity index (χ0v) is 10.6. The fourth-order valence-corrected chi connectivity index (χ4v) is 1.94. The fourth-order valence-electron chi connectivity index (χ4n) is 1.94. The highest BCUT2D eigenvalue weighted by molar-refractivity contribution is 5.63. The van der Waals surface area contributed by atoms with E-state index in [1.54, 1.807) is 31.0 Å². The molecule has 0 amide bonds. The van der Waals surface area contributed by atoms with Crippen LogP contribution in [0.4, 0.5) is 13.2 Å². The molecule has 0 bridgehead atoms. The number of hydrogen-bond donors (Lipinski definition) is 1. The minimum atomic E-state index is -4.34. The summed E-state index contributed by atoms with van der Waals surface area (Å²) in [5, 5.41) is 7.21. The molecule has 1 heterocycles. The maximum Gasteiger partial charge on any atom is 0.416 e. The van der Waals surface area contributed by atoms with Crippen LogP contribution in [0.1, 0.15) is 11.1 Å². The smallest absolute Gasteiger partial charge is 0.316 e. The van der Waals surface area contributed by atoms with Gasteiger partial charge in [0.1, 0.15) is 0 Å². The second-order valence-corrected chi connectivity index (χ2v) is 4.29. The quantitative estimate of drug-likeness (QED) is 0.928. The summed E-state index contributed by atoms with van der Waals surface area (Å²) in [6.07, 6.45) is -2.54. The topological polar surface area (TPSA) is 29.9 Å². The van der Waals surface area contributed by atoms with E-state index in [1.807, 2.05) is 0 Å². The molecule has 19 heavy (non-hydrogen) atoms. The lowest BCUT2D eigenvalue weighted by atomic mass is 10.0. The third-order valence-electron chi connectivity index (χ3n) is 2.74. The van der Waals surface area contributed by atoms with Crippen molar-refractivity contribution in [1.82, 2.24) is 15.1 Å². The molecule has 1 aromatic heterocycles. The Hall–Kier alpha value is -1.82. The first-order valence-electron chi connectivity index (χ1n) is 5.76. The third kappa shape index (κ3) is 2.96. The normalized spacial score (nSPS) is 11.8. The Balaban J connectivity index is 2.47. The summed E-state index contributed by atoms with van der Waals surface area (Å²) in [7, 11) is 3.53. The maximum atomic E-state index is 12.7. The molecule has 2 rings (SSSR count). The van der Waals surface area contributed by atoms with Gasteiger partial charge < -0.3 is 5.32 Å². The molecule has 0 aliphatic rings. The highest BCUT2D eigenvalue weighted by Crippen LogP contribution is 2.32. The van der Waals surface area contributed by atoms with E-state index in [2.05, 4.69) is 10.4 Å². The van der Waals surface area contributed by atoms with Crippen LogP contribution in [0.5, 0.6) is 0 Å². The third-order valence-corrected chi connectivity index (χ3v) is 2.74. The molecule has 0 spiro atoms. The molecule has 0 aliphatic heterocycles. The van der Waals surface area contributed by atoms with Crippen molar-refractivity contribution in [3.63, 3.8) is 0 Å². The summed E-state index contributed by atoms with van der Waals surface area (Å²) >= 11 is 0. The number of alkyl halides is 3. The lowest BCUT2D eigenvalue weighted by Gasteiger charge is -2.08. The van der Waals surface area contributed by atoms with Crippen molar-refractivity contribution >= 4 is 0 Å². The molecular formula is C13H14F3N3. The van der Waals surface area contributed by atoms with Gasteiger partial charge >= 0.3 is 6.18 Å². The van der Waals surface area contributed by atoms with Crippen LogP contribution in [-0.4, -0.2) is 16.8 Å². The van der Waals surface area contributed by atoms with Crippen LogP contribution in [0, 0.1) is 0 Å². The second kappa shape index (κ2) is 5.05. The number of benzene rings is 1. The van der Waals surface area contributed by atoms with E-state index < -0.39 is 11.7 Å². The Morgan fingerprint density at radius 1 is 1.32 bits per heavy atom. The molecular weight excluding hydrogens is 255 g/mol. The van der Waals surface area contributed by atoms with E-state index in [0.29, 0.717) is 17.8 Å². The Bertz CT molecular complexity index is 573. The lowest BCUT2D eigenvalue weighted by Crippen LogP contribution is -2.06. The number of aryl methyl sites for hydroxylation is 1. The van der Waals surface area contributed by atoms with Crippen molar-refractivity contribution in [3.8, 4) is 11.3 Å². The summed E-state index contributed by atoms with van der Waals surface area (Å²) in [5.41, 5.74) is 1.25. The summed E-state index contributed by atoms with van der Waals surface area (Å²) < 4.78 is 39.7. The standard InChI is InChI=1S/C13H14F3N3/c1-17-7-10-8-19(2)18-12(10)9-4-3-5-11(6-9)13(14,15)16/h3-6,8,17H,7H2,1-2H3. The van der Waals surface area contributed by atoms with E-state index in [0.717, 1.165) is 17.7 Å². The van der Waals surface area contributed by atoms with Crippen molar-refractivity contribution in [1.29, 1.82) is 0 Å². The van der Waals surface area contributed by atoms with Crippen LogP contribution in [0.15, 0.2) is 30.5 Å². The predicted octanol–water partition coefficient (Wildman–Crippen LogP) is 2.83. The number of halogens is 3. The van der Waals surface area contributed by atoms with Gasteiger partial charge in [-0.1, -0.05) is 12.1 Å². The number of aromatic nitrogens is 2. The lowest BCUT2D eigenvalue weighted by molar-refractivity contribution is -0.137. The van der Waals surface area contributed by atoms with Crippen LogP contribution < -0.4 is 5.32 Å². The van der Waals surface area contributed by atoms with Gasteiger partial charge in [-0.3, -0.25) is 4.68 Å². The molecule has 2 aromatic rings. The molecule has 3 nitrogen and oxygen atoms in total. The zero-order chi connectivity index (χ0) is 14.0. The fraction of sp³-hybridized carbons (Fsp3) is 0.308. The summed E-state index contributed by atoms with van der Waals surface area (Å²) in [4.78, 5) is 0. The summed E-state index contributed by atoms with van der Waals surface area (Å²) in [6.45, 7) is 0.555. The molecule has 102 valence electrons. The van der Waals surface area contributed by atoms with E-state index in [9.17, 15) is 13.2 Å². The Labute approximate surface area is 109 Å². The minimum absolute atomic E-state index is 0.473. The van der Waals surface area contributed by atoms with Crippen molar-refractivity contribution in [3.05, 3.63) is 41.6 Å². The van der Waals surface area contributed by atoms with Crippen molar-refractivity contribution in [2.45, 2.75) is 12.7 Å². The van der Waals surface area contributed by atoms with Crippen molar-refractivity contribution in [2.24, 2.45) is 7.05 Å². The van der Waals surface area contributed by atoms with Gasteiger partial charge in [0, 0.05) is 30.9 Å². The average Bonchev–Trinajstić information content (AvgIpc) is 2.70. The van der Waals surface area contributed by atoms with Crippen LogP contribution in [-0.2, 0) is 19.8 Å². The van der Waals surface area contributed by atoms with Crippen LogP contribution >= 0.6 is 0 Å². The molecule has 0 saturated carbocycles. The van der Waals surface area contributed by atoms with Crippen LogP contribution in [0.25, 0.3) is 11.3 Å². The maximum absolute atomic E-state index is 12.7. The summed E-state index contributed by atoms with van der Waals surface area (Å²) in [6, 6.07) is 5.22. The molecule has 0 aliphatic carbocycles. The molecule has 0 radical (unpaired) electrons. The molecule has 0 saturated heterocycles. The van der Waals surface area contributed by atoms with Gasteiger partial charge in [-0.15, -0.1) is 0 Å². The van der Waals surface area contributed by atoms with Crippen LogP contribution in [0.2, 0.25) is 0 Å². The van der Waals surface area contributed by atoms with E-state index in [4.69, 9.17) is 0 Å². The number of nitrogens with one attached hydrogen (secondary N) is 1. The number of rotatable bonds is 3. The zero-order valence-electron chi connectivity index (χ0n) is 10.6. The van der Waals surface area contributed by atoms with Crippen molar-refractivity contribution in [2.75, 3.05) is 7.05 Å². The Morgan fingerprint density at radius 2 is 2.05 bits per heavy atom. The highest BCUT2D eigenvalue weighted by atomic mass is 19.4. The SMILES string of the molecule is CNCc1cn(C)nc1-c1cccc(C(F)(F)F)c1. The molecule has 0 fully saturated rings. The first-order chi connectivity index (χ1) is 8.91. The highest BCUT2D eigenvalue weighted by Gasteiger charge is 2.30.